The Morgan fingerprint density at radius 1 is 1.22 bits per heavy atom. The molecule has 4 rings (SSSR count). The number of pyridine rings is 1. The second kappa shape index (κ2) is 6.05. The Kier molecular flexibility index (Phi) is 3.75. The summed E-state index contributed by atoms with van der Waals surface area (Å²) in [7, 11) is 1.73. The molecule has 2 aromatic heterocycles. The van der Waals surface area contributed by atoms with E-state index in [1.807, 2.05) is 12.4 Å². The van der Waals surface area contributed by atoms with Crippen molar-refractivity contribution >= 4 is 10.9 Å². The lowest BCUT2D eigenvalue weighted by Gasteiger charge is -2.17. The molecule has 0 aliphatic carbocycles. The topological polar surface area (TPSA) is 39.1 Å². The zero-order valence-corrected chi connectivity index (χ0v) is 13.4. The van der Waals surface area contributed by atoms with E-state index in [1.54, 1.807) is 7.11 Å². The van der Waals surface area contributed by atoms with Crippen LogP contribution in [0.25, 0.3) is 10.9 Å². The minimum absolute atomic E-state index is 0.928. The minimum Gasteiger partial charge on any atom is -0.497 e. The molecule has 0 spiro atoms. The van der Waals surface area contributed by atoms with E-state index in [1.165, 1.54) is 27.7 Å². The molecular weight excluding hydrogens is 286 g/mol. The maximum Gasteiger partial charge on any atom is 0.119 e. The average molecular weight is 307 g/mol. The van der Waals surface area contributed by atoms with E-state index in [2.05, 4.69) is 45.2 Å². The van der Waals surface area contributed by atoms with Crippen LogP contribution in [0.3, 0.4) is 0 Å². The smallest absolute Gasteiger partial charge is 0.119 e. The summed E-state index contributed by atoms with van der Waals surface area (Å²) in [5.41, 5.74) is 5.55. The largest absolute Gasteiger partial charge is 0.497 e. The molecule has 1 aliphatic heterocycles. The fourth-order valence-electron chi connectivity index (χ4n) is 3.53. The molecule has 0 saturated carbocycles. The van der Waals surface area contributed by atoms with Gasteiger partial charge in [-0.05, 0) is 47.9 Å². The number of nitrogens with one attached hydrogen (secondary N) is 1. The van der Waals surface area contributed by atoms with Crippen molar-refractivity contribution in [1.82, 2.24) is 14.9 Å². The maximum absolute atomic E-state index is 5.42. The molecule has 0 saturated heterocycles. The first-order valence-electron chi connectivity index (χ1n) is 8.14. The Labute approximate surface area is 136 Å². The highest BCUT2D eigenvalue weighted by atomic mass is 16.5. The van der Waals surface area contributed by atoms with Crippen molar-refractivity contribution in [3.63, 3.8) is 0 Å². The first-order valence-corrected chi connectivity index (χ1v) is 8.14. The van der Waals surface area contributed by atoms with Gasteiger partial charge in [-0.1, -0.05) is 0 Å². The molecule has 0 unspecified atom stereocenters. The molecule has 0 fully saturated rings. The van der Waals surface area contributed by atoms with E-state index in [9.17, 15) is 0 Å². The molecule has 0 bridgehead atoms. The van der Waals surface area contributed by atoms with Gasteiger partial charge in [0.2, 0.25) is 0 Å². The number of hydrogen-bond donors (Lipinski definition) is 1. The summed E-state index contributed by atoms with van der Waals surface area (Å²) in [6.45, 7) is 3.00. The Morgan fingerprint density at radius 3 is 2.91 bits per heavy atom. The zero-order chi connectivity index (χ0) is 15.6. The Balaban J connectivity index is 1.75. The third-order valence-electron chi connectivity index (χ3n) is 4.71. The molecule has 3 heterocycles. The number of aryl methyl sites for hydroxylation is 2. The number of benzene rings is 1. The molecule has 23 heavy (non-hydrogen) atoms. The average Bonchev–Trinajstić information content (AvgIpc) is 2.94. The normalized spacial score (nSPS) is 14.0. The molecule has 1 aromatic carbocycles. The molecule has 1 aliphatic rings. The highest BCUT2D eigenvalue weighted by Crippen LogP contribution is 2.31. The summed E-state index contributed by atoms with van der Waals surface area (Å²) in [4.78, 5) is 4.10. The quantitative estimate of drug-likeness (QED) is 0.805. The first kappa shape index (κ1) is 14.3. The molecule has 118 valence electrons. The molecule has 4 nitrogen and oxygen atoms in total. The van der Waals surface area contributed by atoms with Crippen molar-refractivity contribution < 1.29 is 4.74 Å². The second-order valence-electron chi connectivity index (χ2n) is 5.99. The van der Waals surface area contributed by atoms with Crippen LogP contribution >= 0.6 is 0 Å². The minimum atomic E-state index is 0.928. The first-order chi connectivity index (χ1) is 11.4. The summed E-state index contributed by atoms with van der Waals surface area (Å²) < 4.78 is 7.91. The molecular formula is C19H21N3O. The van der Waals surface area contributed by atoms with Crippen molar-refractivity contribution in [2.75, 3.05) is 13.7 Å². The van der Waals surface area contributed by atoms with Gasteiger partial charge in [0.25, 0.3) is 0 Å². The lowest BCUT2D eigenvalue weighted by Crippen LogP contribution is -2.24. The Hall–Kier alpha value is -2.33. The lowest BCUT2D eigenvalue weighted by atomic mass is 10.1. The molecule has 0 radical (unpaired) electrons. The fraction of sp³-hybridized carbons (Fsp3) is 0.316. The number of aromatic nitrogens is 2. The number of rotatable bonds is 4. The zero-order valence-electron chi connectivity index (χ0n) is 13.4. The Morgan fingerprint density at radius 2 is 2.09 bits per heavy atom. The third kappa shape index (κ3) is 2.59. The standard InChI is InChI=1S/C19H21N3O/c1-23-15-2-3-18-16(12-15)17-13-21-10-6-19(17)22(18)11-7-14-4-8-20-9-5-14/h2-5,8-9,12,21H,6-7,10-11,13H2,1H3. The van der Waals surface area contributed by atoms with Gasteiger partial charge < -0.3 is 14.6 Å². The molecule has 4 heteroatoms. The van der Waals surface area contributed by atoms with Crippen LogP contribution in [-0.4, -0.2) is 23.2 Å². The second-order valence-corrected chi connectivity index (χ2v) is 5.99. The van der Waals surface area contributed by atoms with E-state index in [0.717, 1.165) is 38.2 Å². The molecule has 1 N–H and O–H groups in total. The summed E-state index contributed by atoms with van der Waals surface area (Å²) in [6.07, 6.45) is 5.85. The fourth-order valence-corrected chi connectivity index (χ4v) is 3.53. The number of hydrogen-bond acceptors (Lipinski definition) is 3. The van der Waals surface area contributed by atoms with Crippen molar-refractivity contribution in [3.8, 4) is 5.75 Å². The van der Waals surface area contributed by atoms with E-state index in [4.69, 9.17) is 4.74 Å². The van der Waals surface area contributed by atoms with Crippen LogP contribution in [-0.2, 0) is 25.9 Å². The highest BCUT2D eigenvalue weighted by molar-refractivity contribution is 5.87. The van der Waals surface area contributed by atoms with Crippen LogP contribution in [0.15, 0.2) is 42.7 Å². The number of nitrogens with zero attached hydrogens (tertiary/aromatic N) is 2. The van der Waals surface area contributed by atoms with Crippen molar-refractivity contribution in [3.05, 3.63) is 59.5 Å². The predicted octanol–water partition coefficient (Wildman–Crippen LogP) is 2.93. The van der Waals surface area contributed by atoms with Crippen LogP contribution in [0.5, 0.6) is 5.75 Å². The van der Waals surface area contributed by atoms with Crippen LogP contribution < -0.4 is 10.1 Å². The predicted molar refractivity (Wildman–Crippen MR) is 91.8 cm³/mol. The number of fused-ring (bicyclic) bond motifs is 3. The van der Waals surface area contributed by atoms with Gasteiger partial charge in [0.05, 0.1) is 7.11 Å². The molecule has 3 aromatic rings. The summed E-state index contributed by atoms with van der Waals surface area (Å²) in [5, 5.41) is 4.82. The van der Waals surface area contributed by atoms with Crippen LogP contribution in [0.1, 0.15) is 16.8 Å². The van der Waals surface area contributed by atoms with Crippen molar-refractivity contribution in [2.24, 2.45) is 0 Å². The SMILES string of the molecule is COc1ccc2c(c1)c1c(n2CCc2ccncc2)CCNC1. The van der Waals surface area contributed by atoms with Crippen molar-refractivity contribution in [1.29, 1.82) is 0 Å². The molecule has 0 amide bonds. The third-order valence-corrected chi connectivity index (χ3v) is 4.71. The molecule has 0 atom stereocenters. The summed E-state index contributed by atoms with van der Waals surface area (Å²) in [6, 6.07) is 10.6. The van der Waals surface area contributed by atoms with Gasteiger partial charge in [-0.15, -0.1) is 0 Å². The maximum atomic E-state index is 5.42. The van der Waals surface area contributed by atoms with Gasteiger partial charge in [-0.25, -0.2) is 0 Å². The summed E-state index contributed by atoms with van der Waals surface area (Å²) in [5.74, 6) is 0.928. The van der Waals surface area contributed by atoms with Gasteiger partial charge in [0, 0.05) is 55.0 Å². The Bertz CT molecular complexity index is 823. The monoisotopic (exact) mass is 307 g/mol. The van der Waals surface area contributed by atoms with Crippen LogP contribution in [0, 0.1) is 0 Å². The van der Waals surface area contributed by atoms with E-state index in [0.29, 0.717) is 0 Å². The lowest BCUT2D eigenvalue weighted by molar-refractivity contribution is 0.415. The van der Waals surface area contributed by atoms with E-state index >= 15 is 0 Å². The number of ether oxygens (including phenoxy) is 1. The highest BCUT2D eigenvalue weighted by Gasteiger charge is 2.19. The summed E-state index contributed by atoms with van der Waals surface area (Å²) >= 11 is 0. The van der Waals surface area contributed by atoms with Crippen LogP contribution in [0.4, 0.5) is 0 Å². The van der Waals surface area contributed by atoms with Gasteiger partial charge in [-0.2, -0.15) is 0 Å². The van der Waals surface area contributed by atoms with Crippen LogP contribution in [0.2, 0.25) is 0 Å². The van der Waals surface area contributed by atoms with Crippen molar-refractivity contribution in [2.45, 2.75) is 25.9 Å². The number of methoxy groups -OCH3 is 1. The van der Waals surface area contributed by atoms with E-state index in [-0.39, 0.29) is 0 Å². The van der Waals surface area contributed by atoms with Gasteiger partial charge in [-0.3, -0.25) is 4.98 Å². The van der Waals surface area contributed by atoms with Gasteiger partial charge in [0.15, 0.2) is 0 Å². The van der Waals surface area contributed by atoms with Gasteiger partial charge >= 0.3 is 0 Å². The van der Waals surface area contributed by atoms with Gasteiger partial charge in [0.1, 0.15) is 5.75 Å². The van der Waals surface area contributed by atoms with E-state index < -0.39 is 0 Å².